The van der Waals surface area contributed by atoms with Crippen LogP contribution in [0, 0.1) is 5.82 Å². The maximum atomic E-state index is 12.9. The maximum absolute atomic E-state index is 12.9. The molecule has 0 aliphatic heterocycles. The molecule has 0 aliphatic rings. The quantitative estimate of drug-likeness (QED) is 0.870. The second-order valence-corrected chi connectivity index (χ2v) is 4.76. The van der Waals surface area contributed by atoms with Crippen LogP contribution in [-0.4, -0.2) is 7.11 Å². The third-order valence-electron chi connectivity index (χ3n) is 2.63. The van der Waals surface area contributed by atoms with Crippen LogP contribution < -0.4 is 15.2 Å². The number of hydrogen-bond acceptors (Lipinski definition) is 3. The first-order chi connectivity index (χ1) is 9.11. The summed E-state index contributed by atoms with van der Waals surface area (Å²) < 4.78 is 24.6. The van der Waals surface area contributed by atoms with E-state index in [0.717, 1.165) is 10.0 Å². The first-order valence-corrected chi connectivity index (χ1v) is 6.40. The van der Waals surface area contributed by atoms with E-state index in [2.05, 4.69) is 15.9 Å². The minimum absolute atomic E-state index is 0.241. The van der Waals surface area contributed by atoms with Crippen molar-refractivity contribution < 1.29 is 13.9 Å². The highest BCUT2D eigenvalue weighted by Gasteiger charge is 2.10. The highest BCUT2D eigenvalue weighted by Crippen LogP contribution is 2.35. The standard InChI is InChI=1S/C14H13BrFNO2/c1-18-13-4-2-3-11(15)14(13)19-8-9-5-6-10(16)7-12(9)17/h2-7H,8,17H2,1H3. The first-order valence-electron chi connectivity index (χ1n) is 5.61. The van der Waals surface area contributed by atoms with E-state index in [9.17, 15) is 4.39 Å². The number of methoxy groups -OCH3 is 1. The molecule has 19 heavy (non-hydrogen) atoms. The van der Waals surface area contributed by atoms with Crippen molar-refractivity contribution in [2.24, 2.45) is 0 Å². The van der Waals surface area contributed by atoms with E-state index >= 15 is 0 Å². The number of benzene rings is 2. The van der Waals surface area contributed by atoms with Crippen molar-refractivity contribution in [2.45, 2.75) is 6.61 Å². The number of hydrogen-bond donors (Lipinski definition) is 1. The molecule has 0 aliphatic carbocycles. The lowest BCUT2D eigenvalue weighted by molar-refractivity contribution is 0.283. The van der Waals surface area contributed by atoms with Gasteiger partial charge in [-0.3, -0.25) is 0 Å². The summed E-state index contributed by atoms with van der Waals surface area (Å²) in [7, 11) is 1.57. The van der Waals surface area contributed by atoms with Gasteiger partial charge in [0.15, 0.2) is 11.5 Å². The van der Waals surface area contributed by atoms with Crippen molar-refractivity contribution in [3.05, 3.63) is 52.3 Å². The molecule has 0 atom stereocenters. The van der Waals surface area contributed by atoms with E-state index in [-0.39, 0.29) is 12.4 Å². The van der Waals surface area contributed by atoms with Gasteiger partial charge in [0, 0.05) is 11.3 Å². The van der Waals surface area contributed by atoms with Gasteiger partial charge in [0.1, 0.15) is 12.4 Å². The number of anilines is 1. The van der Waals surface area contributed by atoms with Gasteiger partial charge < -0.3 is 15.2 Å². The smallest absolute Gasteiger partial charge is 0.175 e. The molecule has 0 saturated heterocycles. The number of nitrogens with two attached hydrogens (primary N) is 1. The average molecular weight is 326 g/mol. The monoisotopic (exact) mass is 325 g/mol. The van der Waals surface area contributed by atoms with Crippen LogP contribution in [-0.2, 0) is 6.61 Å². The van der Waals surface area contributed by atoms with Crippen molar-refractivity contribution in [3.8, 4) is 11.5 Å². The molecule has 5 heteroatoms. The van der Waals surface area contributed by atoms with Crippen LogP contribution in [0.5, 0.6) is 11.5 Å². The van der Waals surface area contributed by atoms with Crippen LogP contribution in [0.3, 0.4) is 0 Å². The minimum Gasteiger partial charge on any atom is -0.493 e. The summed E-state index contributed by atoms with van der Waals surface area (Å²) in [5, 5.41) is 0. The van der Waals surface area contributed by atoms with Gasteiger partial charge in [0.05, 0.1) is 11.6 Å². The Kier molecular flexibility index (Phi) is 4.27. The lowest BCUT2D eigenvalue weighted by Crippen LogP contribution is -2.02. The summed E-state index contributed by atoms with van der Waals surface area (Å²) >= 11 is 3.40. The van der Waals surface area contributed by atoms with Crippen molar-refractivity contribution in [1.82, 2.24) is 0 Å². The Hall–Kier alpha value is -1.75. The molecule has 0 unspecified atom stereocenters. The van der Waals surface area contributed by atoms with E-state index in [0.29, 0.717) is 17.2 Å². The summed E-state index contributed by atoms with van der Waals surface area (Å²) in [6.45, 7) is 0.241. The van der Waals surface area contributed by atoms with Gasteiger partial charge in [0.2, 0.25) is 0 Å². The Morgan fingerprint density at radius 2 is 2.05 bits per heavy atom. The highest BCUT2D eigenvalue weighted by atomic mass is 79.9. The molecule has 2 aromatic rings. The number of nitrogen functional groups attached to an aromatic ring is 1. The summed E-state index contributed by atoms with van der Waals surface area (Å²) in [6.07, 6.45) is 0. The molecule has 0 spiro atoms. The van der Waals surface area contributed by atoms with Crippen LogP contribution in [0.1, 0.15) is 5.56 Å². The topological polar surface area (TPSA) is 44.5 Å². The van der Waals surface area contributed by atoms with Gasteiger partial charge in [-0.15, -0.1) is 0 Å². The zero-order valence-electron chi connectivity index (χ0n) is 10.3. The summed E-state index contributed by atoms with van der Waals surface area (Å²) in [5.41, 5.74) is 6.82. The van der Waals surface area contributed by atoms with Crippen molar-refractivity contribution in [2.75, 3.05) is 12.8 Å². The molecule has 0 aromatic heterocycles. The van der Waals surface area contributed by atoms with Crippen molar-refractivity contribution in [1.29, 1.82) is 0 Å². The molecule has 0 radical (unpaired) electrons. The summed E-state index contributed by atoms with van der Waals surface area (Å²) in [4.78, 5) is 0. The second kappa shape index (κ2) is 5.93. The molecule has 0 bridgehead atoms. The molecule has 100 valence electrons. The van der Waals surface area contributed by atoms with Crippen LogP contribution in [0.2, 0.25) is 0 Å². The minimum atomic E-state index is -0.361. The fraction of sp³-hybridized carbons (Fsp3) is 0.143. The number of rotatable bonds is 4. The average Bonchev–Trinajstić information content (AvgIpc) is 2.39. The molecule has 0 saturated carbocycles. The zero-order valence-corrected chi connectivity index (χ0v) is 11.9. The lowest BCUT2D eigenvalue weighted by Gasteiger charge is -2.13. The van der Waals surface area contributed by atoms with Gasteiger partial charge in [-0.2, -0.15) is 0 Å². The Morgan fingerprint density at radius 1 is 1.26 bits per heavy atom. The fourth-order valence-corrected chi connectivity index (χ4v) is 2.10. The van der Waals surface area contributed by atoms with E-state index in [1.165, 1.54) is 12.1 Å². The first kappa shape index (κ1) is 13.7. The molecule has 0 fully saturated rings. The Labute approximate surface area is 119 Å². The number of halogens is 2. The van der Waals surface area contributed by atoms with Crippen LogP contribution in [0.25, 0.3) is 0 Å². The van der Waals surface area contributed by atoms with Crippen molar-refractivity contribution >= 4 is 21.6 Å². The highest BCUT2D eigenvalue weighted by molar-refractivity contribution is 9.10. The molecular formula is C14H13BrFNO2. The van der Waals surface area contributed by atoms with Gasteiger partial charge in [-0.1, -0.05) is 12.1 Å². The van der Waals surface area contributed by atoms with Gasteiger partial charge in [-0.25, -0.2) is 4.39 Å². The molecule has 3 nitrogen and oxygen atoms in total. The van der Waals surface area contributed by atoms with E-state index in [4.69, 9.17) is 15.2 Å². The molecule has 2 N–H and O–H groups in total. The number of para-hydroxylation sites is 1. The Morgan fingerprint density at radius 3 is 2.74 bits per heavy atom. The molecule has 0 amide bonds. The van der Waals surface area contributed by atoms with Crippen LogP contribution in [0.4, 0.5) is 10.1 Å². The van der Waals surface area contributed by atoms with Gasteiger partial charge in [0.25, 0.3) is 0 Å². The van der Waals surface area contributed by atoms with Crippen LogP contribution >= 0.6 is 15.9 Å². The fourth-order valence-electron chi connectivity index (χ4n) is 1.64. The predicted octanol–water partition coefficient (Wildman–Crippen LogP) is 3.76. The number of ether oxygens (including phenoxy) is 2. The summed E-state index contributed by atoms with van der Waals surface area (Å²) in [6, 6.07) is 9.73. The Balaban J connectivity index is 2.19. The largest absolute Gasteiger partial charge is 0.493 e. The van der Waals surface area contributed by atoms with E-state index < -0.39 is 0 Å². The zero-order chi connectivity index (χ0) is 13.8. The molecule has 2 aromatic carbocycles. The van der Waals surface area contributed by atoms with Crippen LogP contribution in [0.15, 0.2) is 40.9 Å². The molecular weight excluding hydrogens is 313 g/mol. The molecule has 2 rings (SSSR count). The third kappa shape index (κ3) is 3.17. The summed E-state index contributed by atoms with van der Waals surface area (Å²) in [5.74, 6) is 0.850. The van der Waals surface area contributed by atoms with Crippen molar-refractivity contribution in [3.63, 3.8) is 0 Å². The third-order valence-corrected chi connectivity index (χ3v) is 3.26. The predicted molar refractivity (Wildman–Crippen MR) is 75.8 cm³/mol. The lowest BCUT2D eigenvalue weighted by atomic mass is 10.2. The molecule has 0 heterocycles. The van der Waals surface area contributed by atoms with Gasteiger partial charge in [-0.05, 0) is 40.2 Å². The maximum Gasteiger partial charge on any atom is 0.175 e. The second-order valence-electron chi connectivity index (χ2n) is 3.90. The normalized spacial score (nSPS) is 10.3. The van der Waals surface area contributed by atoms with E-state index in [1.807, 2.05) is 12.1 Å². The Bertz CT molecular complexity index is 590. The SMILES string of the molecule is COc1cccc(Br)c1OCc1ccc(F)cc1N. The van der Waals surface area contributed by atoms with Gasteiger partial charge >= 0.3 is 0 Å². The van der Waals surface area contributed by atoms with E-state index in [1.54, 1.807) is 19.2 Å².